The first-order chi connectivity index (χ1) is 10.6. The zero-order valence-corrected chi connectivity index (χ0v) is 15.1. The Bertz CT molecular complexity index is 533. The van der Waals surface area contributed by atoms with Crippen molar-refractivity contribution in [1.29, 1.82) is 0 Å². The highest BCUT2D eigenvalue weighted by molar-refractivity contribution is 9.10. The molecule has 1 N–H and O–H groups in total. The summed E-state index contributed by atoms with van der Waals surface area (Å²) in [5, 5.41) is 2.80. The standard InChI is InChI=1S/C16H21BrN2O2S/c1-12(20)18-15(16(21)19-8-3-2-4-9-19)11-22-14-7-5-6-13(17)10-14/h5-7,10,15H,2-4,8-9,11H2,1H3,(H,18,20). The predicted molar refractivity (Wildman–Crippen MR) is 92.9 cm³/mol. The molecule has 0 saturated carbocycles. The molecule has 1 aromatic carbocycles. The number of hydrogen-bond donors (Lipinski definition) is 1. The van der Waals surface area contributed by atoms with Crippen LogP contribution in [0.2, 0.25) is 0 Å². The second-order valence-electron chi connectivity index (χ2n) is 5.41. The van der Waals surface area contributed by atoms with Crippen molar-refractivity contribution in [2.45, 2.75) is 37.1 Å². The third-order valence-electron chi connectivity index (χ3n) is 3.56. The normalized spacial score (nSPS) is 16.2. The minimum absolute atomic E-state index is 0.0393. The van der Waals surface area contributed by atoms with Crippen LogP contribution in [0.5, 0.6) is 0 Å². The molecule has 0 bridgehead atoms. The van der Waals surface area contributed by atoms with Crippen LogP contribution in [0.25, 0.3) is 0 Å². The van der Waals surface area contributed by atoms with Gasteiger partial charge in [0.05, 0.1) is 0 Å². The number of carbonyl (C=O) groups excluding carboxylic acids is 2. The summed E-state index contributed by atoms with van der Waals surface area (Å²) in [6.07, 6.45) is 3.29. The summed E-state index contributed by atoms with van der Waals surface area (Å²) >= 11 is 5.03. The summed E-state index contributed by atoms with van der Waals surface area (Å²) in [6.45, 7) is 3.06. The molecule has 0 aromatic heterocycles. The van der Waals surface area contributed by atoms with E-state index in [0.29, 0.717) is 5.75 Å². The molecule has 6 heteroatoms. The molecule has 2 amide bonds. The van der Waals surface area contributed by atoms with E-state index in [1.165, 1.54) is 13.3 Å². The number of hydrogen-bond acceptors (Lipinski definition) is 3. The van der Waals surface area contributed by atoms with Gasteiger partial charge < -0.3 is 10.2 Å². The Morgan fingerprint density at radius 2 is 2.05 bits per heavy atom. The van der Waals surface area contributed by atoms with E-state index in [1.54, 1.807) is 11.8 Å². The molecular weight excluding hydrogens is 364 g/mol. The number of carbonyl (C=O) groups is 2. The van der Waals surface area contributed by atoms with E-state index in [-0.39, 0.29) is 11.8 Å². The fourth-order valence-electron chi connectivity index (χ4n) is 2.49. The Balaban J connectivity index is 1.98. The number of nitrogens with one attached hydrogen (secondary N) is 1. The molecule has 120 valence electrons. The van der Waals surface area contributed by atoms with E-state index >= 15 is 0 Å². The van der Waals surface area contributed by atoms with Gasteiger partial charge in [-0.05, 0) is 37.5 Å². The molecule has 22 heavy (non-hydrogen) atoms. The molecule has 2 rings (SSSR count). The van der Waals surface area contributed by atoms with E-state index in [9.17, 15) is 9.59 Å². The summed E-state index contributed by atoms with van der Waals surface area (Å²) in [5.41, 5.74) is 0. The minimum atomic E-state index is -0.459. The summed E-state index contributed by atoms with van der Waals surface area (Å²) in [7, 11) is 0. The first kappa shape index (κ1) is 17.3. The van der Waals surface area contributed by atoms with Crippen molar-refractivity contribution in [3.05, 3.63) is 28.7 Å². The zero-order valence-electron chi connectivity index (χ0n) is 12.7. The van der Waals surface area contributed by atoms with Crippen molar-refractivity contribution in [2.75, 3.05) is 18.8 Å². The molecule has 4 nitrogen and oxygen atoms in total. The van der Waals surface area contributed by atoms with E-state index in [2.05, 4.69) is 21.2 Å². The second-order valence-corrected chi connectivity index (χ2v) is 7.42. The van der Waals surface area contributed by atoms with Crippen molar-refractivity contribution in [3.8, 4) is 0 Å². The maximum absolute atomic E-state index is 12.6. The Hall–Kier alpha value is -1.01. The van der Waals surface area contributed by atoms with Crippen LogP contribution in [0.3, 0.4) is 0 Å². The van der Waals surface area contributed by atoms with Gasteiger partial charge >= 0.3 is 0 Å². The van der Waals surface area contributed by atoms with Gasteiger partial charge in [0.2, 0.25) is 11.8 Å². The fraction of sp³-hybridized carbons (Fsp3) is 0.500. The molecule has 1 aliphatic heterocycles. The van der Waals surface area contributed by atoms with Crippen LogP contribution in [0, 0.1) is 0 Å². The van der Waals surface area contributed by atoms with Gasteiger partial charge in [-0.2, -0.15) is 0 Å². The minimum Gasteiger partial charge on any atom is -0.344 e. The monoisotopic (exact) mass is 384 g/mol. The molecule has 1 heterocycles. The maximum Gasteiger partial charge on any atom is 0.246 e. The number of halogens is 1. The van der Waals surface area contributed by atoms with Crippen molar-refractivity contribution in [2.24, 2.45) is 0 Å². The smallest absolute Gasteiger partial charge is 0.246 e. The molecule has 0 radical (unpaired) electrons. The van der Waals surface area contributed by atoms with Gasteiger partial charge in [-0.1, -0.05) is 22.0 Å². The van der Waals surface area contributed by atoms with Crippen LogP contribution < -0.4 is 5.32 Å². The lowest BCUT2D eigenvalue weighted by Crippen LogP contribution is -2.50. The average molecular weight is 385 g/mol. The maximum atomic E-state index is 12.6. The topological polar surface area (TPSA) is 49.4 Å². The van der Waals surface area contributed by atoms with Gasteiger partial charge in [0.1, 0.15) is 6.04 Å². The number of benzene rings is 1. The molecule has 1 saturated heterocycles. The number of likely N-dealkylation sites (tertiary alicyclic amines) is 1. The predicted octanol–water partition coefficient (Wildman–Crippen LogP) is 3.06. The Kier molecular flexibility index (Phi) is 6.76. The van der Waals surface area contributed by atoms with Crippen LogP contribution in [0.4, 0.5) is 0 Å². The number of nitrogens with zero attached hydrogens (tertiary/aromatic N) is 1. The SMILES string of the molecule is CC(=O)NC(CSc1cccc(Br)c1)C(=O)N1CCCCC1. The van der Waals surface area contributed by atoms with Crippen LogP contribution >= 0.6 is 27.7 Å². The van der Waals surface area contributed by atoms with Crippen molar-refractivity contribution in [3.63, 3.8) is 0 Å². The number of piperidine rings is 1. The highest BCUT2D eigenvalue weighted by Crippen LogP contribution is 2.23. The molecule has 1 aromatic rings. The summed E-state index contributed by atoms with van der Waals surface area (Å²) < 4.78 is 1.01. The summed E-state index contributed by atoms with van der Waals surface area (Å²) in [6, 6.07) is 7.49. The lowest BCUT2D eigenvalue weighted by molar-refractivity contribution is -0.136. The van der Waals surface area contributed by atoms with Gasteiger partial charge in [-0.15, -0.1) is 11.8 Å². The highest BCUT2D eigenvalue weighted by Gasteiger charge is 2.26. The average Bonchev–Trinajstić information content (AvgIpc) is 2.51. The van der Waals surface area contributed by atoms with E-state index < -0.39 is 6.04 Å². The molecular formula is C16H21BrN2O2S. The Labute approximate surface area is 144 Å². The highest BCUT2D eigenvalue weighted by atomic mass is 79.9. The van der Waals surface area contributed by atoms with Crippen molar-refractivity contribution >= 4 is 39.5 Å². The fourth-order valence-corrected chi connectivity index (χ4v) is 4.01. The lowest BCUT2D eigenvalue weighted by Gasteiger charge is -2.30. The Morgan fingerprint density at radius 1 is 1.32 bits per heavy atom. The van der Waals surface area contributed by atoms with E-state index in [4.69, 9.17) is 0 Å². The third kappa shape index (κ3) is 5.32. The van der Waals surface area contributed by atoms with E-state index in [0.717, 1.165) is 35.3 Å². The first-order valence-corrected chi connectivity index (χ1v) is 9.28. The van der Waals surface area contributed by atoms with Gasteiger partial charge in [0.25, 0.3) is 0 Å². The van der Waals surface area contributed by atoms with Gasteiger partial charge in [-0.3, -0.25) is 9.59 Å². The molecule has 0 spiro atoms. The first-order valence-electron chi connectivity index (χ1n) is 7.50. The third-order valence-corrected chi connectivity index (χ3v) is 5.14. The van der Waals surface area contributed by atoms with Gasteiger partial charge in [0, 0.05) is 35.1 Å². The van der Waals surface area contributed by atoms with Crippen molar-refractivity contribution in [1.82, 2.24) is 10.2 Å². The second kappa shape index (κ2) is 8.58. The van der Waals surface area contributed by atoms with E-state index in [1.807, 2.05) is 29.2 Å². The quantitative estimate of drug-likeness (QED) is 0.793. The van der Waals surface area contributed by atoms with Crippen LogP contribution in [0.1, 0.15) is 26.2 Å². The van der Waals surface area contributed by atoms with Gasteiger partial charge in [0.15, 0.2) is 0 Å². The van der Waals surface area contributed by atoms with Crippen LogP contribution in [-0.4, -0.2) is 41.6 Å². The Morgan fingerprint density at radius 3 is 2.68 bits per heavy atom. The van der Waals surface area contributed by atoms with Crippen LogP contribution in [0.15, 0.2) is 33.6 Å². The molecule has 1 unspecified atom stereocenters. The summed E-state index contributed by atoms with van der Waals surface area (Å²) in [4.78, 5) is 27.0. The molecule has 1 aliphatic rings. The number of thioether (sulfide) groups is 1. The molecule has 1 fully saturated rings. The number of amides is 2. The lowest BCUT2D eigenvalue weighted by atomic mass is 10.1. The van der Waals surface area contributed by atoms with Gasteiger partial charge in [-0.25, -0.2) is 0 Å². The van der Waals surface area contributed by atoms with Crippen LogP contribution in [-0.2, 0) is 9.59 Å². The summed E-state index contributed by atoms with van der Waals surface area (Å²) in [5.74, 6) is 0.424. The number of rotatable bonds is 5. The molecule has 0 aliphatic carbocycles. The largest absolute Gasteiger partial charge is 0.344 e. The molecule has 1 atom stereocenters. The van der Waals surface area contributed by atoms with Crippen molar-refractivity contribution < 1.29 is 9.59 Å². The zero-order chi connectivity index (χ0) is 15.9.